The van der Waals surface area contributed by atoms with E-state index in [2.05, 4.69) is 33.3 Å². The highest BCUT2D eigenvalue weighted by Gasteiger charge is 2.58. The molecule has 0 amide bonds. The first kappa shape index (κ1) is 22.3. The molecule has 1 unspecified atom stereocenters. The van der Waals surface area contributed by atoms with Crippen molar-refractivity contribution in [3.63, 3.8) is 0 Å². The predicted octanol–water partition coefficient (Wildman–Crippen LogP) is 5.96. The molecule has 2 saturated carbocycles. The van der Waals surface area contributed by atoms with Gasteiger partial charge in [0, 0.05) is 29.7 Å². The fourth-order valence-electron chi connectivity index (χ4n) is 6.40. The number of piperidine rings is 1. The summed E-state index contributed by atoms with van der Waals surface area (Å²) in [6.07, 6.45) is 10.9. The minimum absolute atomic E-state index is 0.196. The quantitative estimate of drug-likeness (QED) is 0.454. The maximum atomic E-state index is 6.77. The van der Waals surface area contributed by atoms with Crippen LogP contribution in [0.3, 0.4) is 0 Å². The van der Waals surface area contributed by atoms with Gasteiger partial charge in [-0.05, 0) is 68.1 Å². The van der Waals surface area contributed by atoms with Gasteiger partial charge in [-0.1, -0.05) is 29.6 Å². The fourth-order valence-corrected chi connectivity index (χ4v) is 6.98. The van der Waals surface area contributed by atoms with Gasteiger partial charge in [-0.25, -0.2) is 14.6 Å². The molecule has 4 fully saturated rings. The highest BCUT2D eigenvalue weighted by atomic mass is 35.5. The molecule has 2 saturated heterocycles. The Labute approximate surface area is 215 Å². The minimum Gasteiger partial charge on any atom is -0.377 e. The van der Waals surface area contributed by atoms with E-state index >= 15 is 0 Å². The molecule has 1 spiro atoms. The third-order valence-corrected chi connectivity index (χ3v) is 9.70. The number of ether oxygens (including phenoxy) is 1. The van der Waals surface area contributed by atoms with Crippen molar-refractivity contribution in [1.82, 2.24) is 24.6 Å². The number of likely N-dealkylation sites (tertiary alicyclic amines) is 1. The van der Waals surface area contributed by atoms with E-state index in [9.17, 15) is 0 Å². The Kier molecular flexibility index (Phi) is 5.12. The van der Waals surface area contributed by atoms with Gasteiger partial charge in [0.25, 0.3) is 0 Å². The fraction of sp³-hybridized carbons (Fsp3) is 0.577. The van der Waals surface area contributed by atoms with E-state index in [0.29, 0.717) is 28.5 Å². The van der Waals surface area contributed by atoms with Crippen molar-refractivity contribution in [2.24, 2.45) is 5.41 Å². The molecule has 4 heterocycles. The second-order valence-electron chi connectivity index (χ2n) is 11.2. The number of fused-ring (bicyclic) bond motifs is 1. The molecule has 7 nitrogen and oxygen atoms in total. The molecule has 184 valence electrons. The van der Waals surface area contributed by atoms with E-state index < -0.39 is 0 Å². The number of anilines is 2. The van der Waals surface area contributed by atoms with E-state index in [-0.39, 0.29) is 5.54 Å². The summed E-state index contributed by atoms with van der Waals surface area (Å²) in [6, 6.07) is 4.46. The lowest BCUT2D eigenvalue weighted by molar-refractivity contribution is -0.137. The molecule has 7 rings (SSSR count). The Hall–Kier alpha value is -1.93. The molecule has 9 heteroatoms. The lowest BCUT2D eigenvalue weighted by atomic mass is 9.78. The zero-order valence-electron chi connectivity index (χ0n) is 19.9. The number of nitrogens with zero attached hydrogens (tertiary/aromatic N) is 5. The molecule has 0 bridgehead atoms. The summed E-state index contributed by atoms with van der Waals surface area (Å²) in [5, 5.41) is 10.3. The topological polar surface area (TPSA) is 68.1 Å². The first-order valence-corrected chi connectivity index (χ1v) is 13.5. The third kappa shape index (κ3) is 3.66. The predicted molar refractivity (Wildman–Crippen MR) is 138 cm³/mol. The van der Waals surface area contributed by atoms with Gasteiger partial charge < -0.3 is 10.1 Å². The molecule has 3 aromatic rings. The van der Waals surface area contributed by atoms with Crippen LogP contribution in [-0.4, -0.2) is 56.5 Å². The van der Waals surface area contributed by atoms with Gasteiger partial charge in [-0.15, -0.1) is 0 Å². The molecule has 1 atom stereocenters. The lowest BCUT2D eigenvalue weighted by Gasteiger charge is -2.49. The summed E-state index contributed by atoms with van der Waals surface area (Å²) in [6.45, 7) is 6.01. The number of hydrogen-bond acceptors (Lipinski definition) is 6. The van der Waals surface area contributed by atoms with Gasteiger partial charge in [0.15, 0.2) is 5.15 Å². The van der Waals surface area contributed by atoms with Crippen molar-refractivity contribution in [1.29, 1.82) is 0 Å². The van der Waals surface area contributed by atoms with Gasteiger partial charge in [0.1, 0.15) is 0 Å². The van der Waals surface area contributed by atoms with Crippen molar-refractivity contribution in [2.45, 2.75) is 62.9 Å². The molecule has 4 aliphatic rings. The Bertz CT molecular complexity index is 1290. The number of hydrogen-bond donors (Lipinski definition) is 1. The Balaban J connectivity index is 1.08. The molecule has 1 aromatic carbocycles. The highest BCUT2D eigenvalue weighted by molar-refractivity contribution is 6.32. The molecule has 0 radical (unpaired) electrons. The summed E-state index contributed by atoms with van der Waals surface area (Å²) in [5.41, 5.74) is 3.60. The maximum Gasteiger partial charge on any atom is 0.227 e. The van der Waals surface area contributed by atoms with Crippen LogP contribution >= 0.6 is 23.2 Å². The average molecular weight is 513 g/mol. The number of nitrogens with one attached hydrogen (secondary N) is 1. The van der Waals surface area contributed by atoms with E-state index in [1.165, 1.54) is 31.2 Å². The van der Waals surface area contributed by atoms with Crippen molar-refractivity contribution < 1.29 is 4.74 Å². The summed E-state index contributed by atoms with van der Waals surface area (Å²) in [4.78, 5) is 11.8. The Morgan fingerprint density at radius 3 is 2.57 bits per heavy atom. The van der Waals surface area contributed by atoms with Crippen LogP contribution in [0.4, 0.5) is 11.6 Å². The average Bonchev–Trinajstić information content (AvgIpc) is 3.49. The Morgan fingerprint density at radius 1 is 1.11 bits per heavy atom. The number of halogens is 2. The zero-order chi connectivity index (χ0) is 23.8. The van der Waals surface area contributed by atoms with Gasteiger partial charge in [-0.2, -0.15) is 5.10 Å². The van der Waals surface area contributed by atoms with Crippen LogP contribution in [0, 0.1) is 5.41 Å². The van der Waals surface area contributed by atoms with Crippen LogP contribution in [0.2, 0.25) is 10.2 Å². The summed E-state index contributed by atoms with van der Waals surface area (Å²) >= 11 is 13.4. The smallest absolute Gasteiger partial charge is 0.227 e. The van der Waals surface area contributed by atoms with E-state index in [1.54, 1.807) is 6.20 Å². The molecule has 2 aliphatic heterocycles. The van der Waals surface area contributed by atoms with Crippen molar-refractivity contribution in [2.75, 3.05) is 31.6 Å². The van der Waals surface area contributed by atoms with E-state index in [4.69, 9.17) is 32.9 Å². The van der Waals surface area contributed by atoms with Crippen LogP contribution in [0.25, 0.3) is 10.9 Å². The second kappa shape index (κ2) is 8.04. The van der Waals surface area contributed by atoms with Crippen molar-refractivity contribution in [3.05, 3.63) is 40.3 Å². The van der Waals surface area contributed by atoms with Crippen molar-refractivity contribution in [3.8, 4) is 0 Å². The molecular weight excluding hydrogens is 483 g/mol. The normalized spacial score (nSPS) is 25.4. The molecule has 35 heavy (non-hydrogen) atoms. The zero-order valence-corrected chi connectivity index (χ0v) is 21.4. The highest BCUT2D eigenvalue weighted by Crippen LogP contribution is 2.70. The van der Waals surface area contributed by atoms with Crippen molar-refractivity contribution >= 4 is 45.7 Å². The first-order valence-electron chi connectivity index (χ1n) is 12.7. The van der Waals surface area contributed by atoms with Crippen LogP contribution in [0.5, 0.6) is 0 Å². The molecule has 2 aliphatic carbocycles. The summed E-state index contributed by atoms with van der Waals surface area (Å²) < 4.78 is 7.39. The number of rotatable bonds is 5. The third-order valence-electron chi connectivity index (χ3n) is 8.99. The van der Waals surface area contributed by atoms with Gasteiger partial charge >= 0.3 is 0 Å². The number of benzene rings is 1. The monoisotopic (exact) mass is 512 g/mol. The van der Waals surface area contributed by atoms with E-state index in [1.807, 2.05) is 16.9 Å². The lowest BCUT2D eigenvalue weighted by Crippen LogP contribution is -2.61. The maximum absolute atomic E-state index is 6.77. The minimum atomic E-state index is 0.196. The van der Waals surface area contributed by atoms with Crippen LogP contribution < -0.4 is 5.32 Å². The van der Waals surface area contributed by atoms with Crippen LogP contribution in [0.15, 0.2) is 24.5 Å². The Morgan fingerprint density at radius 2 is 1.91 bits per heavy atom. The molecular formula is C26H30Cl2N6O. The van der Waals surface area contributed by atoms with Crippen LogP contribution in [0.1, 0.15) is 63.0 Å². The van der Waals surface area contributed by atoms with Gasteiger partial charge in [0.05, 0.1) is 42.2 Å². The summed E-state index contributed by atoms with van der Waals surface area (Å²) in [5.74, 6) is 1.10. The first-order chi connectivity index (χ1) is 16.9. The molecule has 1 N–H and O–H groups in total. The molecule has 2 aromatic heterocycles. The largest absolute Gasteiger partial charge is 0.377 e. The van der Waals surface area contributed by atoms with Gasteiger partial charge in [-0.3, -0.25) is 4.90 Å². The SMILES string of the molecule is CC1(N2CCC(n3ncc(Nc4ncc5cc(Cl)c(C6CC67CCC7)cc5n4)c3Cl)CC2)COC1. The number of aromatic nitrogens is 4. The van der Waals surface area contributed by atoms with E-state index in [0.717, 1.165) is 60.8 Å². The second-order valence-corrected chi connectivity index (χ2v) is 12.0. The van der Waals surface area contributed by atoms with Crippen LogP contribution in [-0.2, 0) is 4.74 Å². The standard InChI is InChI=1S/C26H30Cl2N6O/c1-25(14-35-15-25)33-7-3-17(4-8-33)34-23(28)22(13-30-34)32-24-29-12-16-9-20(27)18(10-21(16)31-24)19-11-26(19)5-2-6-26/h9-10,12-13,17,19H,2-8,11,14-15H2,1H3,(H,29,31,32). The van der Waals surface area contributed by atoms with Gasteiger partial charge in [0.2, 0.25) is 5.95 Å². The summed E-state index contributed by atoms with van der Waals surface area (Å²) in [7, 11) is 0.